The molecule has 1 aromatic rings. The molecule has 1 saturated carbocycles. The second-order valence-corrected chi connectivity index (χ2v) is 7.39. The van der Waals surface area contributed by atoms with Crippen molar-refractivity contribution in [2.24, 2.45) is 5.92 Å². The smallest absolute Gasteiger partial charge is 0.265 e. The van der Waals surface area contributed by atoms with Crippen LogP contribution < -0.4 is 25.6 Å². The zero-order valence-corrected chi connectivity index (χ0v) is 14.5. The minimum atomic E-state index is -0.603. The molecule has 2 aliphatic heterocycles. The van der Waals surface area contributed by atoms with Crippen molar-refractivity contribution in [3.8, 4) is 11.5 Å². The molecule has 0 bridgehead atoms. The lowest BCUT2D eigenvalue weighted by Gasteiger charge is -2.26. The summed E-state index contributed by atoms with van der Waals surface area (Å²) in [5.41, 5.74) is 6.55. The number of para-hydroxylation sites is 2. The molecule has 1 amide bonds. The first kappa shape index (κ1) is 16.7. The standard InChI is InChI=1S/C19H27N3O3/c23-19(17-12-24-15-8-4-5-9-16(15)25-17)20-18-11-14(21-22-18)10-13-6-2-1-3-7-13/h4-5,8-9,13-14,17-18,21-22H,1-3,6-7,10-12H2,(H,20,23). The maximum atomic E-state index is 12.5. The maximum absolute atomic E-state index is 12.5. The third kappa shape index (κ3) is 4.07. The number of carbonyl (C=O) groups excluding carboxylic acids is 1. The molecule has 0 spiro atoms. The number of hydrazine groups is 1. The third-order valence-electron chi connectivity index (χ3n) is 5.44. The molecule has 0 radical (unpaired) electrons. The van der Waals surface area contributed by atoms with Crippen LogP contribution in [0.5, 0.6) is 11.5 Å². The molecule has 4 rings (SSSR count). The van der Waals surface area contributed by atoms with Gasteiger partial charge in [-0.25, -0.2) is 5.43 Å². The molecule has 6 nitrogen and oxygen atoms in total. The summed E-state index contributed by atoms with van der Waals surface area (Å²) in [7, 11) is 0. The molecule has 3 N–H and O–H groups in total. The molecule has 2 heterocycles. The lowest BCUT2D eigenvalue weighted by Crippen LogP contribution is -2.51. The molecule has 1 aliphatic carbocycles. The van der Waals surface area contributed by atoms with Crippen molar-refractivity contribution in [2.75, 3.05) is 6.61 Å². The summed E-state index contributed by atoms with van der Waals surface area (Å²) in [5.74, 6) is 2.02. The van der Waals surface area contributed by atoms with Crippen LogP contribution in [0.15, 0.2) is 24.3 Å². The monoisotopic (exact) mass is 345 g/mol. The molecule has 1 saturated heterocycles. The minimum absolute atomic E-state index is 0.0538. The minimum Gasteiger partial charge on any atom is -0.485 e. The molecule has 0 aromatic heterocycles. The Hall–Kier alpha value is -1.79. The van der Waals surface area contributed by atoms with Crippen molar-refractivity contribution in [2.45, 2.75) is 63.3 Å². The van der Waals surface area contributed by atoms with Gasteiger partial charge in [0.25, 0.3) is 5.91 Å². The average Bonchev–Trinajstić information content (AvgIpc) is 3.09. The quantitative estimate of drug-likeness (QED) is 0.780. The molecule has 1 aromatic carbocycles. The summed E-state index contributed by atoms with van der Waals surface area (Å²) in [6.07, 6.45) is 8.26. The van der Waals surface area contributed by atoms with Crippen LogP contribution in [0.1, 0.15) is 44.9 Å². The van der Waals surface area contributed by atoms with Gasteiger partial charge < -0.3 is 14.8 Å². The van der Waals surface area contributed by atoms with E-state index >= 15 is 0 Å². The van der Waals surface area contributed by atoms with Gasteiger partial charge in [-0.3, -0.25) is 10.2 Å². The summed E-state index contributed by atoms with van der Waals surface area (Å²) < 4.78 is 11.4. The number of fused-ring (bicyclic) bond motifs is 1. The molecule has 2 fully saturated rings. The normalized spacial score (nSPS) is 29.4. The van der Waals surface area contributed by atoms with Gasteiger partial charge in [-0.15, -0.1) is 0 Å². The predicted octanol–water partition coefficient (Wildman–Crippen LogP) is 2.11. The van der Waals surface area contributed by atoms with Crippen LogP contribution in [-0.4, -0.2) is 30.8 Å². The lowest BCUT2D eigenvalue weighted by molar-refractivity contribution is -0.131. The van der Waals surface area contributed by atoms with E-state index in [1.54, 1.807) is 0 Å². The van der Waals surface area contributed by atoms with Crippen molar-refractivity contribution < 1.29 is 14.3 Å². The number of hydrogen-bond donors (Lipinski definition) is 3. The van der Waals surface area contributed by atoms with Gasteiger partial charge in [0.15, 0.2) is 11.5 Å². The van der Waals surface area contributed by atoms with E-state index in [1.807, 2.05) is 24.3 Å². The first-order valence-corrected chi connectivity index (χ1v) is 9.48. The van der Waals surface area contributed by atoms with Crippen molar-refractivity contribution >= 4 is 5.91 Å². The van der Waals surface area contributed by atoms with E-state index in [-0.39, 0.29) is 18.7 Å². The Kier molecular flexibility index (Phi) is 5.08. The Morgan fingerprint density at radius 1 is 1.12 bits per heavy atom. The van der Waals surface area contributed by atoms with E-state index in [1.165, 1.54) is 38.5 Å². The van der Waals surface area contributed by atoms with Gasteiger partial charge in [-0.05, 0) is 30.9 Å². The zero-order chi connectivity index (χ0) is 17.1. The van der Waals surface area contributed by atoms with E-state index < -0.39 is 6.10 Å². The highest BCUT2D eigenvalue weighted by molar-refractivity contribution is 5.82. The topological polar surface area (TPSA) is 71.6 Å². The van der Waals surface area contributed by atoms with Gasteiger partial charge in [0.05, 0.1) is 6.17 Å². The fourth-order valence-corrected chi connectivity index (χ4v) is 4.11. The molecule has 136 valence electrons. The molecule has 3 atom stereocenters. The Bertz CT molecular complexity index is 603. The number of amides is 1. The van der Waals surface area contributed by atoms with Crippen molar-refractivity contribution in [3.05, 3.63) is 24.3 Å². The molecule has 6 heteroatoms. The SMILES string of the molecule is O=C(NC1CC(CC2CCCCC2)NN1)C1COc2ccccc2O1. The first-order chi connectivity index (χ1) is 12.3. The van der Waals surface area contributed by atoms with E-state index in [0.717, 1.165) is 12.3 Å². The highest BCUT2D eigenvalue weighted by Gasteiger charge is 2.32. The summed E-state index contributed by atoms with van der Waals surface area (Å²) in [4.78, 5) is 12.5. The summed E-state index contributed by atoms with van der Waals surface area (Å²) >= 11 is 0. The highest BCUT2D eigenvalue weighted by atomic mass is 16.6. The lowest BCUT2D eigenvalue weighted by atomic mass is 9.84. The van der Waals surface area contributed by atoms with Crippen molar-refractivity contribution in [3.63, 3.8) is 0 Å². The molecular weight excluding hydrogens is 318 g/mol. The molecular formula is C19H27N3O3. The van der Waals surface area contributed by atoms with Crippen LogP contribution in [0, 0.1) is 5.92 Å². The zero-order valence-electron chi connectivity index (χ0n) is 14.5. The largest absolute Gasteiger partial charge is 0.485 e. The predicted molar refractivity (Wildman–Crippen MR) is 94.2 cm³/mol. The summed E-state index contributed by atoms with van der Waals surface area (Å²) in [5, 5.41) is 3.03. The van der Waals surface area contributed by atoms with Gasteiger partial charge in [-0.1, -0.05) is 44.2 Å². The van der Waals surface area contributed by atoms with Crippen molar-refractivity contribution in [1.82, 2.24) is 16.2 Å². The third-order valence-corrected chi connectivity index (χ3v) is 5.44. The van der Waals surface area contributed by atoms with Crippen LogP contribution in [0.4, 0.5) is 0 Å². The Morgan fingerprint density at radius 2 is 1.92 bits per heavy atom. The summed E-state index contributed by atoms with van der Waals surface area (Å²) in [6, 6.07) is 7.87. The summed E-state index contributed by atoms with van der Waals surface area (Å²) in [6.45, 7) is 0.245. The van der Waals surface area contributed by atoms with Gasteiger partial charge >= 0.3 is 0 Å². The number of ether oxygens (including phenoxy) is 2. The van der Waals surface area contributed by atoms with E-state index in [9.17, 15) is 4.79 Å². The van der Waals surface area contributed by atoms with Crippen LogP contribution in [-0.2, 0) is 4.79 Å². The van der Waals surface area contributed by atoms with Crippen LogP contribution in [0.25, 0.3) is 0 Å². The molecule has 25 heavy (non-hydrogen) atoms. The van der Waals surface area contributed by atoms with Gasteiger partial charge in [-0.2, -0.15) is 0 Å². The van der Waals surface area contributed by atoms with Crippen LogP contribution >= 0.6 is 0 Å². The van der Waals surface area contributed by atoms with Gasteiger partial charge in [0, 0.05) is 6.04 Å². The number of nitrogens with one attached hydrogen (secondary N) is 3. The van der Waals surface area contributed by atoms with E-state index in [0.29, 0.717) is 17.5 Å². The first-order valence-electron chi connectivity index (χ1n) is 9.48. The fraction of sp³-hybridized carbons (Fsp3) is 0.632. The maximum Gasteiger partial charge on any atom is 0.265 e. The number of rotatable bonds is 4. The Morgan fingerprint density at radius 3 is 2.76 bits per heavy atom. The number of carbonyl (C=O) groups is 1. The van der Waals surface area contributed by atoms with Crippen LogP contribution in [0.3, 0.4) is 0 Å². The second kappa shape index (κ2) is 7.62. The Balaban J connectivity index is 1.25. The highest BCUT2D eigenvalue weighted by Crippen LogP contribution is 2.31. The molecule has 3 unspecified atom stereocenters. The average molecular weight is 345 g/mol. The Labute approximate surface area is 148 Å². The van der Waals surface area contributed by atoms with Crippen LogP contribution in [0.2, 0.25) is 0 Å². The van der Waals surface area contributed by atoms with Gasteiger partial charge in [0.1, 0.15) is 6.61 Å². The number of hydrogen-bond acceptors (Lipinski definition) is 5. The number of benzene rings is 1. The molecule has 3 aliphatic rings. The van der Waals surface area contributed by atoms with E-state index in [2.05, 4.69) is 16.2 Å². The fourth-order valence-electron chi connectivity index (χ4n) is 4.11. The van der Waals surface area contributed by atoms with Gasteiger partial charge in [0.2, 0.25) is 6.10 Å². The van der Waals surface area contributed by atoms with Crippen molar-refractivity contribution in [1.29, 1.82) is 0 Å². The second-order valence-electron chi connectivity index (χ2n) is 7.39. The van der Waals surface area contributed by atoms with E-state index in [4.69, 9.17) is 9.47 Å².